The molecule has 2 amide bonds. The topological polar surface area (TPSA) is 72.2 Å². The van der Waals surface area contributed by atoms with Crippen molar-refractivity contribution in [2.24, 2.45) is 16.6 Å². The maximum Gasteiger partial charge on any atom is 0.223 e. The summed E-state index contributed by atoms with van der Waals surface area (Å²) in [5, 5.41) is 2.54. The SMILES string of the molecule is CNC(=O)CC(C)(C)C(C)(C)C(N)=O. The fourth-order valence-corrected chi connectivity index (χ4v) is 1.04. The van der Waals surface area contributed by atoms with Crippen LogP contribution in [0.2, 0.25) is 0 Å². The summed E-state index contributed by atoms with van der Waals surface area (Å²) in [5.74, 6) is -0.462. The van der Waals surface area contributed by atoms with Crippen LogP contribution in [0, 0.1) is 10.8 Å². The van der Waals surface area contributed by atoms with Crippen LogP contribution in [0.4, 0.5) is 0 Å². The molecule has 0 heterocycles. The third-order valence-corrected chi connectivity index (χ3v) is 3.19. The molecule has 0 saturated carbocycles. The molecule has 14 heavy (non-hydrogen) atoms. The number of carbonyl (C=O) groups is 2. The van der Waals surface area contributed by atoms with Gasteiger partial charge in [0.25, 0.3) is 0 Å². The Kier molecular flexibility index (Phi) is 3.68. The Labute approximate surface area is 85.2 Å². The van der Waals surface area contributed by atoms with Crippen molar-refractivity contribution in [3.63, 3.8) is 0 Å². The van der Waals surface area contributed by atoms with Gasteiger partial charge in [0.05, 0.1) is 0 Å². The lowest BCUT2D eigenvalue weighted by Gasteiger charge is -2.38. The largest absolute Gasteiger partial charge is 0.369 e. The molecule has 0 fully saturated rings. The fourth-order valence-electron chi connectivity index (χ4n) is 1.04. The number of nitrogens with one attached hydrogen (secondary N) is 1. The molecule has 0 aliphatic rings. The summed E-state index contributed by atoms with van der Waals surface area (Å²) >= 11 is 0. The Balaban J connectivity index is 4.77. The first-order valence-electron chi connectivity index (χ1n) is 4.65. The molecule has 0 saturated heterocycles. The number of hydrogen-bond donors (Lipinski definition) is 2. The number of carbonyl (C=O) groups excluding carboxylic acids is 2. The first kappa shape index (κ1) is 12.9. The minimum Gasteiger partial charge on any atom is -0.369 e. The molecule has 0 aromatic heterocycles. The van der Waals surface area contributed by atoms with Gasteiger partial charge in [-0.1, -0.05) is 27.7 Å². The molecule has 3 N–H and O–H groups in total. The normalized spacial score (nSPS) is 12.4. The van der Waals surface area contributed by atoms with Crippen molar-refractivity contribution in [2.45, 2.75) is 34.1 Å². The highest BCUT2D eigenvalue weighted by Crippen LogP contribution is 2.40. The smallest absolute Gasteiger partial charge is 0.223 e. The first-order valence-corrected chi connectivity index (χ1v) is 4.65. The maximum absolute atomic E-state index is 11.2. The molecule has 0 aliphatic carbocycles. The molecule has 0 aromatic carbocycles. The van der Waals surface area contributed by atoms with Gasteiger partial charge in [-0.25, -0.2) is 0 Å². The average molecular weight is 200 g/mol. The monoisotopic (exact) mass is 200 g/mol. The minimum absolute atomic E-state index is 0.0793. The lowest BCUT2D eigenvalue weighted by atomic mass is 9.65. The summed E-state index contributed by atoms with van der Waals surface area (Å²) in [5.41, 5.74) is 4.16. The van der Waals surface area contributed by atoms with Gasteiger partial charge in [0.15, 0.2) is 0 Å². The van der Waals surface area contributed by atoms with Crippen molar-refractivity contribution >= 4 is 11.8 Å². The molecule has 0 spiro atoms. The maximum atomic E-state index is 11.2. The molecule has 0 radical (unpaired) electrons. The van der Waals surface area contributed by atoms with Crippen molar-refractivity contribution in [2.75, 3.05) is 7.05 Å². The van der Waals surface area contributed by atoms with Crippen LogP contribution in [-0.4, -0.2) is 18.9 Å². The van der Waals surface area contributed by atoms with Crippen molar-refractivity contribution < 1.29 is 9.59 Å². The molecule has 0 aromatic rings. The molecule has 0 atom stereocenters. The van der Waals surface area contributed by atoms with Crippen molar-refractivity contribution in [3.8, 4) is 0 Å². The lowest BCUT2D eigenvalue weighted by molar-refractivity contribution is -0.135. The summed E-state index contributed by atoms with van der Waals surface area (Å²) in [6, 6.07) is 0. The molecule has 0 rings (SSSR count). The van der Waals surface area contributed by atoms with E-state index in [9.17, 15) is 9.59 Å². The van der Waals surface area contributed by atoms with Gasteiger partial charge in [0.1, 0.15) is 0 Å². The van der Waals surface area contributed by atoms with E-state index in [-0.39, 0.29) is 11.8 Å². The Morgan fingerprint density at radius 2 is 1.64 bits per heavy atom. The predicted octanol–water partition coefficient (Wildman–Crippen LogP) is 0.660. The summed E-state index contributed by atoms with van der Waals surface area (Å²) in [4.78, 5) is 22.5. The molecule has 0 aliphatic heterocycles. The fraction of sp³-hybridized carbons (Fsp3) is 0.800. The van der Waals surface area contributed by atoms with E-state index in [0.29, 0.717) is 6.42 Å². The zero-order valence-electron chi connectivity index (χ0n) is 9.60. The Bertz CT molecular complexity index is 245. The molecular weight excluding hydrogens is 180 g/mol. The zero-order chi connectivity index (χ0) is 11.6. The van der Waals surface area contributed by atoms with Crippen LogP contribution in [0.1, 0.15) is 34.1 Å². The van der Waals surface area contributed by atoms with E-state index in [1.165, 1.54) is 0 Å². The zero-order valence-corrected chi connectivity index (χ0v) is 9.60. The standard InChI is InChI=1S/C10H20N2O2/c1-9(2,6-7(13)12-5)10(3,4)8(11)14/h6H2,1-5H3,(H2,11,14)(H,12,13). The van der Waals surface area contributed by atoms with E-state index in [0.717, 1.165) is 0 Å². The van der Waals surface area contributed by atoms with Gasteiger partial charge in [-0.3, -0.25) is 9.59 Å². The second-order valence-corrected chi connectivity index (χ2v) is 4.72. The first-order chi connectivity index (χ1) is 6.15. The summed E-state index contributed by atoms with van der Waals surface area (Å²) in [6.45, 7) is 7.26. The van der Waals surface area contributed by atoms with E-state index < -0.39 is 10.8 Å². The minimum atomic E-state index is -0.695. The van der Waals surface area contributed by atoms with Crippen molar-refractivity contribution in [3.05, 3.63) is 0 Å². The Morgan fingerprint density at radius 1 is 1.21 bits per heavy atom. The average Bonchev–Trinajstić information content (AvgIpc) is 2.02. The molecule has 0 unspecified atom stereocenters. The van der Waals surface area contributed by atoms with Gasteiger partial charge >= 0.3 is 0 Å². The molecule has 4 heteroatoms. The second-order valence-electron chi connectivity index (χ2n) is 4.72. The van der Waals surface area contributed by atoms with E-state index in [1.807, 2.05) is 13.8 Å². The molecule has 0 bridgehead atoms. The van der Waals surface area contributed by atoms with Crippen LogP contribution in [0.25, 0.3) is 0 Å². The third-order valence-electron chi connectivity index (χ3n) is 3.19. The van der Waals surface area contributed by atoms with Crippen LogP contribution in [0.5, 0.6) is 0 Å². The lowest BCUT2D eigenvalue weighted by Crippen LogP contribution is -2.45. The molecule has 4 nitrogen and oxygen atoms in total. The third kappa shape index (κ3) is 2.47. The van der Waals surface area contributed by atoms with Gasteiger partial charge in [-0.15, -0.1) is 0 Å². The number of hydrogen-bond acceptors (Lipinski definition) is 2. The van der Waals surface area contributed by atoms with Gasteiger partial charge in [-0.2, -0.15) is 0 Å². The summed E-state index contributed by atoms with van der Waals surface area (Å²) < 4.78 is 0. The van der Waals surface area contributed by atoms with Gasteiger partial charge in [-0.05, 0) is 5.41 Å². The number of primary amides is 1. The van der Waals surface area contributed by atoms with Gasteiger partial charge in [0, 0.05) is 18.9 Å². The van der Waals surface area contributed by atoms with E-state index in [1.54, 1.807) is 20.9 Å². The van der Waals surface area contributed by atoms with E-state index in [4.69, 9.17) is 5.73 Å². The van der Waals surface area contributed by atoms with Crippen molar-refractivity contribution in [1.82, 2.24) is 5.32 Å². The number of amides is 2. The summed E-state index contributed by atoms with van der Waals surface area (Å²) in [6.07, 6.45) is 0.291. The number of rotatable bonds is 4. The summed E-state index contributed by atoms with van der Waals surface area (Å²) in [7, 11) is 1.58. The van der Waals surface area contributed by atoms with E-state index in [2.05, 4.69) is 5.32 Å². The predicted molar refractivity (Wildman–Crippen MR) is 55.4 cm³/mol. The van der Waals surface area contributed by atoms with Crippen molar-refractivity contribution in [1.29, 1.82) is 0 Å². The van der Waals surface area contributed by atoms with Gasteiger partial charge in [0.2, 0.25) is 11.8 Å². The quantitative estimate of drug-likeness (QED) is 0.699. The Hall–Kier alpha value is -1.06. The molecule has 82 valence electrons. The highest BCUT2D eigenvalue weighted by Gasteiger charge is 2.42. The Morgan fingerprint density at radius 3 is 1.93 bits per heavy atom. The van der Waals surface area contributed by atoms with Crippen LogP contribution in [-0.2, 0) is 9.59 Å². The second kappa shape index (κ2) is 3.98. The molecular formula is C10H20N2O2. The van der Waals surface area contributed by atoms with E-state index >= 15 is 0 Å². The van der Waals surface area contributed by atoms with Crippen LogP contribution in [0.15, 0.2) is 0 Å². The number of nitrogens with two attached hydrogens (primary N) is 1. The van der Waals surface area contributed by atoms with Crippen LogP contribution >= 0.6 is 0 Å². The highest BCUT2D eigenvalue weighted by atomic mass is 16.2. The van der Waals surface area contributed by atoms with Gasteiger partial charge < -0.3 is 11.1 Å². The van der Waals surface area contributed by atoms with Crippen LogP contribution < -0.4 is 11.1 Å². The highest BCUT2D eigenvalue weighted by molar-refractivity contribution is 5.83. The van der Waals surface area contributed by atoms with Crippen LogP contribution in [0.3, 0.4) is 0 Å².